The van der Waals surface area contributed by atoms with Crippen molar-refractivity contribution in [2.75, 3.05) is 18.5 Å². The van der Waals surface area contributed by atoms with Crippen LogP contribution in [-0.4, -0.2) is 29.9 Å². The first-order chi connectivity index (χ1) is 12.8. The monoisotopic (exact) mass is 399 g/mol. The third kappa shape index (κ3) is 5.89. The van der Waals surface area contributed by atoms with Crippen LogP contribution in [0.15, 0.2) is 36.4 Å². The Labute approximate surface area is 156 Å². The molecule has 0 heterocycles. The molecule has 0 aliphatic rings. The van der Waals surface area contributed by atoms with E-state index in [4.69, 9.17) is 16.3 Å². The van der Waals surface area contributed by atoms with Crippen LogP contribution in [0.3, 0.4) is 0 Å². The number of anilines is 1. The molecule has 2 aromatic rings. The fourth-order valence-corrected chi connectivity index (χ4v) is 2.10. The van der Waals surface area contributed by atoms with E-state index in [1.54, 1.807) is 0 Å². The predicted molar refractivity (Wildman–Crippen MR) is 91.6 cm³/mol. The zero-order valence-corrected chi connectivity index (χ0v) is 14.3. The zero-order chi connectivity index (χ0) is 20.0. The summed E-state index contributed by atoms with van der Waals surface area (Å²) in [5.41, 5.74) is -0.201. The van der Waals surface area contributed by atoms with Gasteiger partial charge < -0.3 is 15.4 Å². The van der Waals surface area contributed by atoms with Crippen molar-refractivity contribution < 1.29 is 28.0 Å². The lowest BCUT2D eigenvalue weighted by atomic mass is 10.3. The third-order valence-electron chi connectivity index (χ3n) is 3.13. The van der Waals surface area contributed by atoms with Crippen LogP contribution in [0.25, 0.3) is 0 Å². The molecule has 0 bridgehead atoms. The number of carbonyl (C=O) groups excluding carboxylic acids is 2. The van der Waals surface area contributed by atoms with E-state index in [2.05, 4.69) is 10.6 Å². The summed E-state index contributed by atoms with van der Waals surface area (Å²) in [6.45, 7) is -0.925. The number of amides is 2. The van der Waals surface area contributed by atoms with E-state index in [0.29, 0.717) is 0 Å². The van der Waals surface area contributed by atoms with E-state index >= 15 is 0 Å². The second-order valence-corrected chi connectivity index (χ2v) is 5.52. The molecule has 0 saturated carbocycles. The van der Waals surface area contributed by atoms with Crippen molar-refractivity contribution in [3.63, 3.8) is 0 Å². The lowest BCUT2D eigenvalue weighted by molar-refractivity contribution is -0.384. The quantitative estimate of drug-likeness (QED) is 0.549. The zero-order valence-electron chi connectivity index (χ0n) is 13.5. The number of nitro groups is 1. The van der Waals surface area contributed by atoms with Crippen LogP contribution >= 0.6 is 11.6 Å². The fraction of sp³-hybridized carbons (Fsp3) is 0.125. The van der Waals surface area contributed by atoms with Gasteiger partial charge in [-0.2, -0.15) is 0 Å². The number of halogens is 3. The fourth-order valence-electron chi connectivity index (χ4n) is 1.87. The summed E-state index contributed by atoms with van der Waals surface area (Å²) in [5.74, 6) is -3.44. The van der Waals surface area contributed by atoms with Gasteiger partial charge in [-0.15, -0.1) is 0 Å². The van der Waals surface area contributed by atoms with Gasteiger partial charge in [-0.25, -0.2) is 8.78 Å². The maximum Gasteiger partial charge on any atom is 0.271 e. The molecular weight excluding hydrogens is 388 g/mol. The van der Waals surface area contributed by atoms with Gasteiger partial charge in [0.05, 0.1) is 16.5 Å². The topological polar surface area (TPSA) is 111 Å². The van der Waals surface area contributed by atoms with Crippen molar-refractivity contribution >= 4 is 34.8 Å². The minimum absolute atomic E-state index is 0.0297. The van der Waals surface area contributed by atoms with Crippen molar-refractivity contribution in [2.45, 2.75) is 0 Å². The number of benzene rings is 2. The molecule has 0 aliphatic carbocycles. The Morgan fingerprint density at radius 2 is 1.85 bits per heavy atom. The molecule has 0 spiro atoms. The van der Waals surface area contributed by atoms with Crippen molar-refractivity contribution in [3.8, 4) is 5.75 Å². The second kappa shape index (κ2) is 8.90. The SMILES string of the molecule is O=C(COc1ccc([N+](=O)[O-])cc1Cl)NCC(=O)Nc1ccc(F)c(F)c1. The van der Waals surface area contributed by atoms with Gasteiger partial charge in [0, 0.05) is 23.9 Å². The molecule has 0 aromatic heterocycles. The number of nitro benzene ring substituents is 1. The van der Waals surface area contributed by atoms with Gasteiger partial charge in [0.25, 0.3) is 11.6 Å². The standard InChI is InChI=1S/C16H12ClF2N3O5/c17-11-6-10(22(25)26)2-4-14(11)27-8-16(24)20-7-15(23)21-9-1-3-12(18)13(19)5-9/h1-6H,7-8H2,(H,20,24)(H,21,23). The predicted octanol–water partition coefficient (Wildman–Crippen LogP) is 2.66. The van der Waals surface area contributed by atoms with Gasteiger partial charge in [-0.05, 0) is 18.2 Å². The van der Waals surface area contributed by atoms with Gasteiger partial charge in [0.1, 0.15) is 5.75 Å². The smallest absolute Gasteiger partial charge is 0.271 e. The Hall–Kier alpha value is -3.27. The molecule has 0 fully saturated rings. The lowest BCUT2D eigenvalue weighted by Crippen LogP contribution is -2.35. The van der Waals surface area contributed by atoms with Crippen molar-refractivity contribution in [1.29, 1.82) is 0 Å². The maximum atomic E-state index is 13.0. The molecule has 2 aromatic carbocycles. The average Bonchev–Trinajstić information content (AvgIpc) is 2.62. The Morgan fingerprint density at radius 1 is 1.11 bits per heavy atom. The Morgan fingerprint density at radius 3 is 2.48 bits per heavy atom. The molecule has 2 rings (SSSR count). The average molecular weight is 400 g/mol. The summed E-state index contributed by atoms with van der Waals surface area (Å²) in [7, 11) is 0. The van der Waals surface area contributed by atoms with Gasteiger partial charge in [-0.1, -0.05) is 11.6 Å². The first-order valence-electron chi connectivity index (χ1n) is 7.34. The van der Waals surface area contributed by atoms with Crippen LogP contribution in [0, 0.1) is 21.7 Å². The summed E-state index contributed by atoms with van der Waals surface area (Å²) in [5, 5.41) is 15.1. The number of nitrogens with one attached hydrogen (secondary N) is 2. The number of hydrogen-bond acceptors (Lipinski definition) is 5. The van der Waals surface area contributed by atoms with E-state index in [1.165, 1.54) is 6.07 Å². The van der Waals surface area contributed by atoms with Crippen molar-refractivity contribution in [3.05, 3.63) is 63.2 Å². The van der Waals surface area contributed by atoms with E-state index in [-0.39, 0.29) is 22.1 Å². The molecule has 11 heteroatoms. The Bertz CT molecular complexity index is 894. The highest BCUT2D eigenvalue weighted by atomic mass is 35.5. The summed E-state index contributed by atoms with van der Waals surface area (Å²) in [6.07, 6.45) is 0. The van der Waals surface area contributed by atoms with Crippen molar-refractivity contribution in [2.24, 2.45) is 0 Å². The van der Waals surface area contributed by atoms with E-state index in [0.717, 1.165) is 30.3 Å². The first-order valence-corrected chi connectivity index (χ1v) is 7.72. The summed E-state index contributed by atoms with van der Waals surface area (Å²) >= 11 is 5.82. The number of ether oxygens (including phenoxy) is 1. The second-order valence-electron chi connectivity index (χ2n) is 5.11. The van der Waals surface area contributed by atoms with Crippen LogP contribution in [0.4, 0.5) is 20.2 Å². The molecule has 0 radical (unpaired) electrons. The molecule has 0 unspecified atom stereocenters. The lowest BCUT2D eigenvalue weighted by Gasteiger charge is -2.09. The molecule has 2 amide bonds. The molecule has 142 valence electrons. The highest BCUT2D eigenvalue weighted by Gasteiger charge is 2.12. The number of rotatable bonds is 7. The molecule has 0 saturated heterocycles. The third-order valence-corrected chi connectivity index (χ3v) is 3.43. The van der Waals surface area contributed by atoms with Gasteiger partial charge in [0.15, 0.2) is 18.2 Å². The summed E-state index contributed by atoms with van der Waals surface area (Å²) < 4.78 is 31.0. The molecule has 2 N–H and O–H groups in total. The minimum Gasteiger partial charge on any atom is -0.482 e. The van der Waals surface area contributed by atoms with E-state index in [1.807, 2.05) is 0 Å². The minimum atomic E-state index is -1.12. The first kappa shape index (κ1) is 20.0. The van der Waals surface area contributed by atoms with Crippen molar-refractivity contribution in [1.82, 2.24) is 5.32 Å². The number of hydrogen-bond donors (Lipinski definition) is 2. The molecule has 0 aliphatic heterocycles. The van der Waals surface area contributed by atoms with Gasteiger partial charge >= 0.3 is 0 Å². The molecular formula is C16H12ClF2N3O5. The molecule has 27 heavy (non-hydrogen) atoms. The number of nitrogens with zero attached hydrogens (tertiary/aromatic N) is 1. The Kier molecular flexibility index (Phi) is 6.61. The molecule has 0 atom stereocenters. The van der Waals surface area contributed by atoms with Crippen LogP contribution < -0.4 is 15.4 Å². The van der Waals surface area contributed by atoms with E-state index in [9.17, 15) is 28.5 Å². The van der Waals surface area contributed by atoms with Crippen LogP contribution in [0.2, 0.25) is 5.02 Å². The number of carbonyl (C=O) groups is 2. The Balaban J connectivity index is 1.79. The van der Waals surface area contributed by atoms with Crippen LogP contribution in [0.5, 0.6) is 5.75 Å². The highest BCUT2D eigenvalue weighted by Crippen LogP contribution is 2.28. The number of non-ortho nitro benzene ring substituents is 1. The van der Waals surface area contributed by atoms with Gasteiger partial charge in [0.2, 0.25) is 5.91 Å². The van der Waals surface area contributed by atoms with Crippen LogP contribution in [0.1, 0.15) is 0 Å². The summed E-state index contributed by atoms with van der Waals surface area (Å²) in [4.78, 5) is 33.3. The normalized spacial score (nSPS) is 10.2. The van der Waals surface area contributed by atoms with Crippen LogP contribution in [-0.2, 0) is 9.59 Å². The maximum absolute atomic E-state index is 13.0. The highest BCUT2D eigenvalue weighted by molar-refractivity contribution is 6.32. The van der Waals surface area contributed by atoms with E-state index < -0.39 is 41.5 Å². The molecule has 8 nitrogen and oxygen atoms in total. The van der Waals surface area contributed by atoms with Gasteiger partial charge in [-0.3, -0.25) is 19.7 Å². The summed E-state index contributed by atoms with van der Waals surface area (Å²) in [6, 6.07) is 6.29. The largest absolute Gasteiger partial charge is 0.482 e.